The lowest BCUT2D eigenvalue weighted by molar-refractivity contribution is 0.445. The number of aromatic nitrogens is 1. The van der Waals surface area contributed by atoms with Gasteiger partial charge in [0.15, 0.2) is 0 Å². The van der Waals surface area contributed by atoms with Crippen LogP contribution in [0.3, 0.4) is 0 Å². The molecule has 0 atom stereocenters. The predicted molar refractivity (Wildman–Crippen MR) is 257 cm³/mol. The molecule has 3 nitrogen and oxygen atoms in total. The Morgan fingerprint density at radius 1 is 0.443 bits per heavy atom. The lowest BCUT2D eigenvalue weighted by Crippen LogP contribution is -2.12. The maximum absolute atomic E-state index is 6.31. The van der Waals surface area contributed by atoms with Crippen LogP contribution in [0.4, 0.5) is 17.1 Å². The van der Waals surface area contributed by atoms with Crippen LogP contribution < -0.4 is 4.90 Å². The second kappa shape index (κ2) is 14.7. The first-order valence-corrected chi connectivity index (χ1v) is 21.8. The van der Waals surface area contributed by atoms with Crippen molar-refractivity contribution in [2.45, 2.75) is 38.0 Å². The highest BCUT2D eigenvalue weighted by Crippen LogP contribution is 2.47. The highest BCUT2D eigenvalue weighted by Gasteiger charge is 2.24. The monoisotopic (exact) mass is 784 g/mol. The molecule has 292 valence electrons. The average Bonchev–Trinajstić information content (AvgIpc) is 3.88. The molecule has 0 aliphatic heterocycles. The molecule has 0 bridgehead atoms. The highest BCUT2D eigenvalue weighted by molar-refractivity contribution is 6.13. The smallest absolute Gasteiger partial charge is 0.136 e. The summed E-state index contributed by atoms with van der Waals surface area (Å²) >= 11 is 0. The summed E-state index contributed by atoms with van der Waals surface area (Å²) in [6.07, 6.45) is 6.46. The third kappa shape index (κ3) is 5.95. The van der Waals surface area contributed by atoms with Crippen LogP contribution in [0.2, 0.25) is 0 Å². The second-order valence-electron chi connectivity index (χ2n) is 16.7. The summed E-state index contributed by atoms with van der Waals surface area (Å²) in [5.74, 6) is 0.577. The van der Waals surface area contributed by atoms with Crippen LogP contribution in [-0.2, 0) is 0 Å². The molecule has 3 heteroatoms. The Hall–Kier alpha value is -7.36. The van der Waals surface area contributed by atoms with Gasteiger partial charge in [-0.2, -0.15) is 0 Å². The van der Waals surface area contributed by atoms with Crippen LogP contribution in [0.25, 0.3) is 82.5 Å². The summed E-state index contributed by atoms with van der Waals surface area (Å²) < 4.78 is 8.73. The van der Waals surface area contributed by atoms with E-state index in [4.69, 9.17) is 4.42 Å². The third-order valence-electron chi connectivity index (χ3n) is 13.2. The number of hydrogen-bond acceptors (Lipinski definition) is 2. The van der Waals surface area contributed by atoms with E-state index in [1.165, 1.54) is 86.9 Å². The van der Waals surface area contributed by atoms with Gasteiger partial charge in [-0.25, -0.2) is 0 Å². The fraction of sp³-hybridized carbons (Fsp3) is 0.103. The fourth-order valence-electron chi connectivity index (χ4n) is 10.4. The normalized spacial score (nSPS) is 13.5. The zero-order chi connectivity index (χ0) is 40.3. The van der Waals surface area contributed by atoms with Gasteiger partial charge in [-0.05, 0) is 112 Å². The van der Waals surface area contributed by atoms with E-state index in [1.54, 1.807) is 0 Å². The van der Waals surface area contributed by atoms with Crippen molar-refractivity contribution in [3.05, 3.63) is 206 Å². The molecule has 1 saturated carbocycles. The van der Waals surface area contributed by atoms with Crippen LogP contribution in [0.1, 0.15) is 43.6 Å². The Morgan fingerprint density at radius 2 is 1.10 bits per heavy atom. The number of nitrogens with zero attached hydrogens (tertiary/aromatic N) is 2. The molecule has 1 aliphatic rings. The average molecular weight is 785 g/mol. The van der Waals surface area contributed by atoms with Crippen molar-refractivity contribution in [1.29, 1.82) is 0 Å². The molecule has 0 unspecified atom stereocenters. The van der Waals surface area contributed by atoms with Gasteiger partial charge in [-0.15, -0.1) is 0 Å². The van der Waals surface area contributed by atoms with Crippen molar-refractivity contribution in [2.24, 2.45) is 0 Å². The molecule has 0 saturated heterocycles. The van der Waals surface area contributed by atoms with E-state index in [9.17, 15) is 0 Å². The molecule has 0 amide bonds. The molecule has 61 heavy (non-hydrogen) atoms. The topological polar surface area (TPSA) is 21.3 Å². The Labute approximate surface area is 355 Å². The largest absolute Gasteiger partial charge is 0.456 e. The zero-order valence-electron chi connectivity index (χ0n) is 34.0. The molecule has 1 aliphatic carbocycles. The summed E-state index contributed by atoms with van der Waals surface area (Å²) in [5, 5.41) is 7.46. The molecule has 9 aromatic carbocycles. The maximum Gasteiger partial charge on any atom is 0.136 e. The number of anilines is 3. The van der Waals surface area contributed by atoms with Crippen LogP contribution in [0, 0.1) is 0 Å². The van der Waals surface area contributed by atoms with Gasteiger partial charge in [0.05, 0.1) is 16.7 Å². The Kier molecular flexibility index (Phi) is 8.59. The molecule has 0 radical (unpaired) electrons. The van der Waals surface area contributed by atoms with Crippen molar-refractivity contribution >= 4 is 71.6 Å². The molecule has 0 N–H and O–H groups in total. The third-order valence-corrected chi connectivity index (χ3v) is 13.2. The first-order chi connectivity index (χ1) is 30.3. The van der Waals surface area contributed by atoms with Crippen molar-refractivity contribution in [2.75, 3.05) is 4.90 Å². The number of para-hydroxylation sites is 4. The van der Waals surface area contributed by atoms with Crippen molar-refractivity contribution in [1.82, 2.24) is 4.57 Å². The van der Waals surface area contributed by atoms with Gasteiger partial charge < -0.3 is 13.9 Å². The summed E-state index contributed by atoms with van der Waals surface area (Å²) in [4.78, 5) is 2.47. The van der Waals surface area contributed by atoms with Gasteiger partial charge in [0.25, 0.3) is 0 Å². The molecular weight excluding hydrogens is 741 g/mol. The summed E-state index contributed by atoms with van der Waals surface area (Å²) in [5.41, 5.74) is 15.0. The summed E-state index contributed by atoms with van der Waals surface area (Å²) in [6.45, 7) is 0. The van der Waals surface area contributed by atoms with Crippen molar-refractivity contribution < 1.29 is 4.42 Å². The van der Waals surface area contributed by atoms with E-state index in [2.05, 4.69) is 204 Å². The number of furan rings is 1. The molecule has 2 aromatic heterocycles. The van der Waals surface area contributed by atoms with Gasteiger partial charge in [-0.3, -0.25) is 0 Å². The minimum absolute atomic E-state index is 0.577. The Balaban J connectivity index is 1.09. The van der Waals surface area contributed by atoms with Gasteiger partial charge >= 0.3 is 0 Å². The quantitative estimate of drug-likeness (QED) is 0.161. The predicted octanol–water partition coefficient (Wildman–Crippen LogP) is 16.7. The van der Waals surface area contributed by atoms with E-state index >= 15 is 0 Å². The number of rotatable bonds is 7. The molecule has 1 fully saturated rings. The van der Waals surface area contributed by atoms with Gasteiger partial charge in [0.1, 0.15) is 11.2 Å². The second-order valence-corrected chi connectivity index (χ2v) is 16.7. The Morgan fingerprint density at radius 3 is 1.97 bits per heavy atom. The van der Waals surface area contributed by atoms with E-state index in [-0.39, 0.29) is 0 Å². The van der Waals surface area contributed by atoms with E-state index < -0.39 is 0 Å². The fourth-order valence-corrected chi connectivity index (χ4v) is 10.4. The number of hydrogen-bond donors (Lipinski definition) is 0. The molecule has 0 spiro atoms. The van der Waals surface area contributed by atoms with Crippen LogP contribution in [-0.4, -0.2) is 4.57 Å². The summed E-state index contributed by atoms with van der Waals surface area (Å²) in [6, 6.07) is 73.3. The van der Waals surface area contributed by atoms with Crippen LogP contribution in [0.15, 0.2) is 205 Å². The molecule has 2 heterocycles. The van der Waals surface area contributed by atoms with Crippen molar-refractivity contribution in [3.8, 4) is 27.9 Å². The summed E-state index contributed by atoms with van der Waals surface area (Å²) in [7, 11) is 0. The zero-order valence-corrected chi connectivity index (χ0v) is 34.0. The van der Waals surface area contributed by atoms with E-state index in [0.29, 0.717) is 5.92 Å². The van der Waals surface area contributed by atoms with E-state index in [0.717, 1.165) is 50.3 Å². The lowest BCUT2D eigenvalue weighted by atomic mass is 9.80. The van der Waals surface area contributed by atoms with Crippen LogP contribution in [0.5, 0.6) is 0 Å². The van der Waals surface area contributed by atoms with Gasteiger partial charge in [0.2, 0.25) is 0 Å². The molecule has 12 rings (SSSR count). The minimum atomic E-state index is 0.577. The lowest BCUT2D eigenvalue weighted by Gasteiger charge is -2.29. The molecule has 11 aromatic rings. The highest BCUT2D eigenvalue weighted by atomic mass is 16.3. The van der Waals surface area contributed by atoms with Crippen molar-refractivity contribution in [3.63, 3.8) is 0 Å². The number of fused-ring (bicyclic) bond motifs is 7. The Bertz CT molecular complexity index is 3400. The SMILES string of the molecule is c1ccc(-n2c3ccccc3c3ccc(N(c4ccc(-c5cccc6oc7ccccc7c56)cc4)c4ccccc4-c4cccc5cccc(C6CCCCC6)c45)cc32)cc1. The van der Waals surface area contributed by atoms with Gasteiger partial charge in [-0.1, -0.05) is 159 Å². The number of benzene rings is 9. The van der Waals surface area contributed by atoms with E-state index in [1.807, 2.05) is 6.07 Å². The minimum Gasteiger partial charge on any atom is -0.456 e. The standard InChI is InChI=1S/C58H44N2O/c1-3-16-39(17-4-1)45-25-13-18-41-19-14-27-50(57(41)45)48-23-8-10-28-52(48)59(43-34-32-40(33-35-43)46-26-15-31-56-58(46)51-24-9-12-30-55(51)61-56)44-36-37-49-47-22-7-11-29-53(47)60(54(49)38-44)42-20-5-2-6-21-42/h2,5-15,18-39H,1,3-4,16-17H2. The first-order valence-electron chi connectivity index (χ1n) is 21.8. The van der Waals surface area contributed by atoms with Crippen LogP contribution >= 0.6 is 0 Å². The maximum atomic E-state index is 6.31. The van der Waals surface area contributed by atoms with Gasteiger partial charge in [0, 0.05) is 44.2 Å². The molecular formula is C58H44N2O. The first kappa shape index (κ1) is 35.6.